The molecule has 0 spiro atoms. The fourth-order valence-corrected chi connectivity index (χ4v) is 3.81. The van der Waals surface area contributed by atoms with Crippen LogP contribution in [0.1, 0.15) is 112 Å². The molecule has 1 heteroatoms. The molecular formula is C27H44O. The summed E-state index contributed by atoms with van der Waals surface area (Å²) in [5.41, 5.74) is 5.87. The van der Waals surface area contributed by atoms with Gasteiger partial charge in [-0.1, -0.05) is 59.4 Å². The van der Waals surface area contributed by atoms with Gasteiger partial charge >= 0.3 is 0 Å². The van der Waals surface area contributed by atoms with E-state index in [1.54, 1.807) is 0 Å². The van der Waals surface area contributed by atoms with Crippen molar-refractivity contribution in [3.8, 4) is 0 Å². The van der Waals surface area contributed by atoms with E-state index in [9.17, 15) is 4.79 Å². The number of hydrogen-bond acceptors (Lipinski definition) is 1. The van der Waals surface area contributed by atoms with Gasteiger partial charge in [0.15, 0.2) is 0 Å². The van der Waals surface area contributed by atoms with Crippen molar-refractivity contribution in [1.82, 2.24) is 0 Å². The molecule has 1 atom stereocenters. The van der Waals surface area contributed by atoms with Crippen molar-refractivity contribution in [2.45, 2.75) is 112 Å². The number of carbonyl (C=O) groups excluding carboxylic acids is 1. The highest BCUT2D eigenvalue weighted by atomic mass is 16.1. The van der Waals surface area contributed by atoms with E-state index in [4.69, 9.17) is 0 Å². The second-order valence-corrected chi connectivity index (χ2v) is 9.05. The van der Waals surface area contributed by atoms with E-state index in [-0.39, 0.29) is 0 Å². The van der Waals surface area contributed by atoms with Crippen molar-refractivity contribution in [1.29, 1.82) is 0 Å². The standard InChI is InChI=1S/C27H44O/c1-22(2)12-9-13-23(3)14-10-15-24(4)16-11-17-25(5)20-21-26-18-7-6-8-19-27(26)28/h12,14,16,20,26H,6-11,13,15,17-19,21H2,1-5H3. The summed E-state index contributed by atoms with van der Waals surface area (Å²) in [4.78, 5) is 12.1. The minimum atomic E-state index is 0.293. The van der Waals surface area contributed by atoms with Crippen LogP contribution in [-0.2, 0) is 4.79 Å². The van der Waals surface area contributed by atoms with Crippen LogP contribution in [0.4, 0.5) is 0 Å². The summed E-state index contributed by atoms with van der Waals surface area (Å²) in [6, 6.07) is 0. The van der Waals surface area contributed by atoms with Crippen molar-refractivity contribution in [2.75, 3.05) is 0 Å². The van der Waals surface area contributed by atoms with Gasteiger partial charge in [-0.15, -0.1) is 0 Å². The maximum atomic E-state index is 12.1. The summed E-state index contributed by atoms with van der Waals surface area (Å²) >= 11 is 0. The van der Waals surface area contributed by atoms with E-state index in [2.05, 4.69) is 58.9 Å². The minimum Gasteiger partial charge on any atom is -0.299 e. The molecule has 0 N–H and O–H groups in total. The van der Waals surface area contributed by atoms with Crippen LogP contribution in [0, 0.1) is 5.92 Å². The number of allylic oxidation sites excluding steroid dienone is 8. The maximum Gasteiger partial charge on any atom is 0.136 e. The molecule has 1 unspecified atom stereocenters. The van der Waals surface area contributed by atoms with E-state index in [0.717, 1.165) is 51.4 Å². The third-order valence-electron chi connectivity index (χ3n) is 5.84. The summed E-state index contributed by atoms with van der Waals surface area (Å²) in [5, 5.41) is 0. The van der Waals surface area contributed by atoms with Crippen molar-refractivity contribution in [2.24, 2.45) is 5.92 Å². The fraction of sp³-hybridized carbons (Fsp3) is 0.667. The lowest BCUT2D eigenvalue weighted by molar-refractivity contribution is -0.122. The van der Waals surface area contributed by atoms with Gasteiger partial charge in [0.05, 0.1) is 0 Å². The average molecular weight is 385 g/mol. The zero-order valence-corrected chi connectivity index (χ0v) is 19.3. The fourth-order valence-electron chi connectivity index (χ4n) is 3.81. The van der Waals surface area contributed by atoms with Gasteiger partial charge in [0, 0.05) is 12.3 Å². The van der Waals surface area contributed by atoms with Crippen LogP contribution in [0.25, 0.3) is 0 Å². The van der Waals surface area contributed by atoms with Crippen molar-refractivity contribution >= 4 is 5.78 Å². The third kappa shape index (κ3) is 12.2. The molecule has 0 aromatic carbocycles. The lowest BCUT2D eigenvalue weighted by Crippen LogP contribution is -2.11. The Hall–Kier alpha value is -1.37. The Morgan fingerprint density at radius 2 is 1.29 bits per heavy atom. The van der Waals surface area contributed by atoms with Crippen molar-refractivity contribution in [3.05, 3.63) is 46.6 Å². The van der Waals surface area contributed by atoms with Crippen molar-refractivity contribution in [3.63, 3.8) is 0 Å². The SMILES string of the molecule is CC(C)=CCCC(C)=CCCC(C)=CCCC(C)=CCC1CCCCCC1=O. The quantitative estimate of drug-likeness (QED) is 0.257. The molecule has 0 aromatic rings. The summed E-state index contributed by atoms with van der Waals surface area (Å²) in [6.45, 7) is 11.1. The van der Waals surface area contributed by atoms with Gasteiger partial charge in [-0.3, -0.25) is 4.79 Å². The summed E-state index contributed by atoms with van der Waals surface area (Å²) in [6.07, 6.45) is 22.8. The second-order valence-electron chi connectivity index (χ2n) is 9.05. The zero-order chi connectivity index (χ0) is 20.8. The van der Waals surface area contributed by atoms with Crippen LogP contribution < -0.4 is 0 Å². The average Bonchev–Trinajstić information content (AvgIpc) is 2.83. The topological polar surface area (TPSA) is 17.1 Å². The Morgan fingerprint density at radius 3 is 1.86 bits per heavy atom. The molecule has 1 nitrogen and oxygen atoms in total. The molecule has 1 aliphatic rings. The third-order valence-corrected chi connectivity index (χ3v) is 5.84. The predicted octanol–water partition coefficient (Wildman–Crippen LogP) is 8.67. The molecule has 0 bridgehead atoms. The van der Waals surface area contributed by atoms with Crippen molar-refractivity contribution < 1.29 is 4.79 Å². The normalized spacial score (nSPS) is 19.5. The largest absolute Gasteiger partial charge is 0.299 e. The van der Waals surface area contributed by atoms with Gasteiger partial charge in [-0.05, 0) is 92.4 Å². The highest BCUT2D eigenvalue weighted by Gasteiger charge is 2.19. The molecule has 0 saturated heterocycles. The molecule has 0 heterocycles. The number of rotatable bonds is 11. The van der Waals surface area contributed by atoms with E-state index >= 15 is 0 Å². The van der Waals surface area contributed by atoms with Crippen LogP contribution in [0.3, 0.4) is 0 Å². The summed E-state index contributed by atoms with van der Waals surface area (Å²) in [7, 11) is 0. The van der Waals surface area contributed by atoms with E-state index < -0.39 is 0 Å². The molecule has 0 aliphatic heterocycles. The van der Waals surface area contributed by atoms with Gasteiger partial charge in [-0.2, -0.15) is 0 Å². The van der Waals surface area contributed by atoms with Gasteiger partial charge in [0.25, 0.3) is 0 Å². The van der Waals surface area contributed by atoms with Crippen LogP contribution in [0.5, 0.6) is 0 Å². The number of carbonyl (C=O) groups is 1. The minimum absolute atomic E-state index is 0.293. The molecule has 158 valence electrons. The molecule has 1 aliphatic carbocycles. The van der Waals surface area contributed by atoms with Crippen LogP contribution in [0.2, 0.25) is 0 Å². The maximum absolute atomic E-state index is 12.1. The monoisotopic (exact) mass is 384 g/mol. The van der Waals surface area contributed by atoms with Crippen LogP contribution in [-0.4, -0.2) is 5.78 Å². The van der Waals surface area contributed by atoms with Crippen LogP contribution >= 0.6 is 0 Å². The molecule has 1 saturated carbocycles. The first-order chi connectivity index (χ1) is 13.4. The molecule has 28 heavy (non-hydrogen) atoms. The predicted molar refractivity (Wildman–Crippen MR) is 125 cm³/mol. The first-order valence-corrected chi connectivity index (χ1v) is 11.5. The van der Waals surface area contributed by atoms with Gasteiger partial charge in [-0.25, -0.2) is 0 Å². The van der Waals surface area contributed by atoms with E-state index in [1.165, 1.54) is 48.0 Å². The molecular weight excluding hydrogens is 340 g/mol. The second kappa shape index (κ2) is 14.6. The van der Waals surface area contributed by atoms with Crippen LogP contribution in [0.15, 0.2) is 46.6 Å². The lowest BCUT2D eigenvalue weighted by atomic mass is 9.94. The Morgan fingerprint density at radius 1 is 0.750 bits per heavy atom. The lowest BCUT2D eigenvalue weighted by Gasteiger charge is -2.10. The highest BCUT2D eigenvalue weighted by Crippen LogP contribution is 2.24. The number of hydrogen-bond donors (Lipinski definition) is 0. The Labute approximate surface area is 175 Å². The Bertz CT molecular complexity index is 581. The van der Waals surface area contributed by atoms with Gasteiger partial charge in [0.1, 0.15) is 5.78 Å². The van der Waals surface area contributed by atoms with Gasteiger partial charge < -0.3 is 0 Å². The number of Topliss-reactive ketones (excluding diaryl/α,β-unsaturated/α-hetero) is 1. The number of ketones is 1. The van der Waals surface area contributed by atoms with E-state index in [0.29, 0.717) is 11.7 Å². The summed E-state index contributed by atoms with van der Waals surface area (Å²) in [5.74, 6) is 0.794. The Kier molecular flexibility index (Phi) is 12.9. The highest BCUT2D eigenvalue weighted by molar-refractivity contribution is 5.81. The molecule has 1 fully saturated rings. The van der Waals surface area contributed by atoms with Gasteiger partial charge in [0.2, 0.25) is 0 Å². The first kappa shape index (κ1) is 24.7. The smallest absolute Gasteiger partial charge is 0.136 e. The summed E-state index contributed by atoms with van der Waals surface area (Å²) < 4.78 is 0. The molecule has 0 amide bonds. The molecule has 0 aromatic heterocycles. The van der Waals surface area contributed by atoms with E-state index in [1.807, 2.05) is 0 Å². The molecule has 1 rings (SSSR count). The zero-order valence-electron chi connectivity index (χ0n) is 19.3. The molecule has 0 radical (unpaired) electrons. The first-order valence-electron chi connectivity index (χ1n) is 11.5. The Balaban J connectivity index is 2.27.